The summed E-state index contributed by atoms with van der Waals surface area (Å²) < 4.78 is 113. The van der Waals surface area contributed by atoms with Gasteiger partial charge in [-0.3, -0.25) is 0 Å². The number of hydrogen-bond acceptors (Lipinski definition) is 4. The van der Waals surface area contributed by atoms with Gasteiger partial charge >= 0.3 is 0 Å². The van der Waals surface area contributed by atoms with Crippen LogP contribution in [0.4, 0.5) is 30.7 Å². The van der Waals surface area contributed by atoms with Crippen LogP contribution in [0.3, 0.4) is 0 Å². The number of halogens is 7. The third-order valence-corrected chi connectivity index (χ3v) is 11.3. The Balaban J connectivity index is 1.24. The molecule has 1 aliphatic rings. The third-order valence-electron chi connectivity index (χ3n) is 7.63. The minimum absolute atomic E-state index is 0.0624. The highest BCUT2D eigenvalue weighted by Gasteiger charge is 2.33. The Kier molecular flexibility index (Phi) is 11.9. The summed E-state index contributed by atoms with van der Waals surface area (Å²) in [6.07, 6.45) is 3.38. The quantitative estimate of drug-likeness (QED) is 0.0630. The molecule has 4 aromatic rings. The molecule has 2 nitrogen and oxygen atoms in total. The van der Waals surface area contributed by atoms with Gasteiger partial charge < -0.3 is 9.47 Å². The highest BCUT2D eigenvalue weighted by atomic mass is 32.2. The predicted octanol–water partition coefficient (Wildman–Crippen LogP) is 11.2. The van der Waals surface area contributed by atoms with Gasteiger partial charge in [-0.2, -0.15) is 4.39 Å². The molecule has 2 atom stereocenters. The molecule has 5 rings (SSSR count). The second-order valence-corrected chi connectivity index (χ2v) is 14.5. The Morgan fingerprint density at radius 3 is 2.02 bits per heavy atom. The van der Waals surface area contributed by atoms with Crippen molar-refractivity contribution in [2.24, 2.45) is 5.92 Å². The van der Waals surface area contributed by atoms with E-state index in [0.717, 1.165) is 79.9 Å². The Morgan fingerprint density at radius 1 is 0.745 bits per heavy atom. The van der Waals surface area contributed by atoms with Gasteiger partial charge in [0.25, 0.3) is 5.60 Å². The van der Waals surface area contributed by atoms with Crippen molar-refractivity contribution in [3.63, 3.8) is 0 Å². The lowest BCUT2D eigenvalue weighted by Crippen LogP contribution is -2.21. The van der Waals surface area contributed by atoms with Gasteiger partial charge in [0.2, 0.25) is 0 Å². The van der Waals surface area contributed by atoms with Crippen LogP contribution >= 0.6 is 32.8 Å². The van der Waals surface area contributed by atoms with E-state index in [4.69, 9.17) is 9.47 Å². The Hall–Kier alpha value is -2.72. The predicted molar refractivity (Wildman–Crippen MR) is 178 cm³/mol. The van der Waals surface area contributed by atoms with E-state index in [1.165, 1.54) is 12.1 Å². The molecule has 12 heteroatoms. The van der Waals surface area contributed by atoms with Gasteiger partial charge in [-0.15, -0.1) is 23.5 Å². The minimum atomic E-state index is -2.86. The maximum Gasteiger partial charge on any atom is 0.288 e. The van der Waals surface area contributed by atoms with E-state index in [9.17, 15) is 17.6 Å². The van der Waals surface area contributed by atoms with Gasteiger partial charge in [-0.1, -0.05) is 38.0 Å². The van der Waals surface area contributed by atoms with E-state index in [-0.39, 0.29) is 32.6 Å². The number of unbranched alkanes of at least 4 members (excludes halogenated alkanes) is 2. The number of hydrogen-bond donors (Lipinski definition) is 0. The molecule has 0 bridgehead atoms. The van der Waals surface area contributed by atoms with Crippen LogP contribution in [0, 0.1) is 40.8 Å². The Labute approximate surface area is 280 Å². The number of rotatable bonds is 12. The average Bonchev–Trinajstić information content (AvgIpc) is 3.03. The molecule has 47 heavy (non-hydrogen) atoms. The summed E-state index contributed by atoms with van der Waals surface area (Å²) in [5.74, 6) is -5.41. The smallest absolute Gasteiger partial charge is 0.288 e. The summed E-state index contributed by atoms with van der Waals surface area (Å²) in [6.45, 7) is 3.65. The highest BCUT2D eigenvalue weighted by Crippen LogP contribution is 2.46. The summed E-state index contributed by atoms with van der Waals surface area (Å²) in [6, 6.07) is 12.5. The number of thioether (sulfide) groups is 2. The lowest BCUT2D eigenvalue weighted by molar-refractivity contribution is 0.0215. The molecule has 1 heterocycles. The zero-order chi connectivity index (χ0) is 33.7. The zero-order valence-corrected chi connectivity index (χ0v) is 28.1. The summed E-state index contributed by atoms with van der Waals surface area (Å²) in [5, 5.41) is 0. The van der Waals surface area contributed by atoms with Crippen molar-refractivity contribution in [2.45, 2.75) is 36.4 Å². The van der Waals surface area contributed by atoms with E-state index in [1.807, 2.05) is 6.07 Å². The molecule has 1 aliphatic heterocycles. The number of benzene rings is 4. The van der Waals surface area contributed by atoms with Gasteiger partial charge in [0, 0.05) is 41.2 Å². The molecule has 1 fully saturated rings. The summed E-state index contributed by atoms with van der Waals surface area (Å²) in [4.78, 5) is 0. The topological polar surface area (TPSA) is 18.5 Å². The van der Waals surface area contributed by atoms with Crippen molar-refractivity contribution in [3.05, 3.63) is 113 Å². The first-order chi connectivity index (χ1) is 22.5. The van der Waals surface area contributed by atoms with Crippen molar-refractivity contribution in [2.75, 3.05) is 24.7 Å². The van der Waals surface area contributed by atoms with Crippen LogP contribution in [-0.2, 0) is 10.3 Å². The molecule has 0 N–H and O–H groups in total. The fourth-order valence-electron chi connectivity index (χ4n) is 5.14. The van der Waals surface area contributed by atoms with Gasteiger partial charge in [0.15, 0.2) is 17.5 Å². The van der Waals surface area contributed by atoms with Crippen molar-refractivity contribution in [1.82, 2.24) is 0 Å². The molecule has 2 unspecified atom stereocenters. The SMILES string of the molecule is CCCCCOCC1CSC(c2ccc(-c3ccc(C(F)(P)Oc4ccc(-c5cc(F)c(F)c(F)c5)c(F)c4)c(F)c3)c(F)c2)SC1. The molecule has 0 aromatic heterocycles. The molecule has 1 saturated heterocycles. The van der Waals surface area contributed by atoms with Gasteiger partial charge in [-0.05, 0) is 74.8 Å². The Bertz CT molecular complexity index is 1690. The van der Waals surface area contributed by atoms with Crippen LogP contribution in [0.15, 0.2) is 66.7 Å². The highest BCUT2D eigenvalue weighted by molar-refractivity contribution is 8.16. The third kappa shape index (κ3) is 8.66. The summed E-state index contributed by atoms with van der Waals surface area (Å²) in [5.41, 5.74) is -2.84. The molecule has 0 spiro atoms. The largest absolute Gasteiger partial charge is 0.451 e. The van der Waals surface area contributed by atoms with Crippen molar-refractivity contribution >= 4 is 32.8 Å². The normalized spacial score (nSPS) is 17.8. The molecule has 0 saturated carbocycles. The molecule has 4 aromatic carbocycles. The lowest BCUT2D eigenvalue weighted by Gasteiger charge is -2.28. The first-order valence-electron chi connectivity index (χ1n) is 15.0. The van der Waals surface area contributed by atoms with E-state index < -0.39 is 46.1 Å². The van der Waals surface area contributed by atoms with Gasteiger partial charge in [0.05, 0.1) is 16.8 Å². The summed E-state index contributed by atoms with van der Waals surface area (Å²) in [7, 11) is 1.71. The first-order valence-corrected chi connectivity index (χ1v) is 17.7. The Morgan fingerprint density at radius 2 is 1.38 bits per heavy atom. The average molecular weight is 713 g/mol. The van der Waals surface area contributed by atoms with Crippen LogP contribution in [-0.4, -0.2) is 24.7 Å². The monoisotopic (exact) mass is 712 g/mol. The maximum atomic E-state index is 15.6. The zero-order valence-electron chi connectivity index (χ0n) is 25.3. The van der Waals surface area contributed by atoms with E-state index in [0.29, 0.717) is 18.1 Å². The van der Waals surface area contributed by atoms with Gasteiger partial charge in [0.1, 0.15) is 23.2 Å². The second kappa shape index (κ2) is 15.7. The van der Waals surface area contributed by atoms with Crippen LogP contribution in [0.2, 0.25) is 0 Å². The van der Waals surface area contributed by atoms with Crippen LogP contribution < -0.4 is 4.74 Å². The molecule has 0 radical (unpaired) electrons. The standard InChI is InChI=1S/C35H32F7O2PS2/c1-2-3-4-11-43-17-20-18-46-34(47-19-20)22-5-8-25(28(36)13-22)21-6-10-27(30(38)12-21)35(42,45)44-24-7-9-26(29(37)16-24)23-14-31(39)33(41)32(40)15-23/h5-10,12-16,20,34H,2-4,11,17-19,45H2,1H3. The minimum Gasteiger partial charge on any atom is -0.451 e. The fourth-order valence-corrected chi connectivity index (χ4v) is 8.51. The molecule has 0 amide bonds. The molecule has 250 valence electrons. The fraction of sp³-hybridized carbons (Fsp3) is 0.314. The van der Waals surface area contributed by atoms with Crippen molar-refractivity contribution in [1.29, 1.82) is 0 Å². The summed E-state index contributed by atoms with van der Waals surface area (Å²) >= 11 is 3.49. The van der Waals surface area contributed by atoms with Gasteiger partial charge in [-0.25, -0.2) is 26.3 Å². The molecular formula is C35H32F7O2PS2. The van der Waals surface area contributed by atoms with E-state index in [2.05, 4.69) is 6.92 Å². The number of ether oxygens (including phenoxy) is 2. The first kappa shape index (κ1) is 35.6. The van der Waals surface area contributed by atoms with E-state index in [1.54, 1.807) is 38.8 Å². The van der Waals surface area contributed by atoms with Crippen LogP contribution in [0.1, 0.15) is 41.9 Å². The van der Waals surface area contributed by atoms with Crippen LogP contribution in [0.25, 0.3) is 22.3 Å². The number of alkyl halides is 1. The van der Waals surface area contributed by atoms with Crippen molar-refractivity contribution < 1.29 is 40.2 Å². The van der Waals surface area contributed by atoms with Crippen molar-refractivity contribution in [3.8, 4) is 28.0 Å². The molecule has 0 aliphatic carbocycles. The van der Waals surface area contributed by atoms with E-state index >= 15 is 13.2 Å². The lowest BCUT2D eigenvalue weighted by atomic mass is 10.0. The van der Waals surface area contributed by atoms with Crippen LogP contribution in [0.5, 0.6) is 5.75 Å². The second-order valence-electron chi connectivity index (χ2n) is 11.2. The molecular weight excluding hydrogens is 680 g/mol. The maximum absolute atomic E-state index is 15.6.